The average Bonchev–Trinajstić information content (AvgIpc) is 3.07. The standard InChI is InChI=1S/C21H15ClF4N2O3/c22-14-6-3-5-13(21(24,25)26)18(14)31-19-12-4-1-2-7-16(12)28(27-19)17-9-8-11(20(29)30)10-15(17)23/h3,5-6,8-10H,1-2,4,7H2,(H,29,30). The largest absolute Gasteiger partial charge is 0.478 e. The van der Waals surface area contributed by atoms with Gasteiger partial charge in [-0.25, -0.2) is 13.9 Å². The highest BCUT2D eigenvalue weighted by Gasteiger charge is 2.36. The Balaban J connectivity index is 1.83. The molecular weight excluding hydrogens is 440 g/mol. The normalized spacial score (nSPS) is 13.7. The summed E-state index contributed by atoms with van der Waals surface area (Å²) in [4.78, 5) is 11.1. The summed E-state index contributed by atoms with van der Waals surface area (Å²) in [5.74, 6) is -2.77. The predicted molar refractivity (Wildman–Crippen MR) is 104 cm³/mol. The van der Waals surface area contributed by atoms with Gasteiger partial charge >= 0.3 is 12.1 Å². The van der Waals surface area contributed by atoms with E-state index < -0.39 is 29.3 Å². The number of benzene rings is 2. The van der Waals surface area contributed by atoms with Crippen molar-refractivity contribution in [2.75, 3.05) is 0 Å². The van der Waals surface area contributed by atoms with E-state index in [1.54, 1.807) is 0 Å². The Kier molecular flexibility index (Phi) is 5.38. The summed E-state index contributed by atoms with van der Waals surface area (Å²) in [6, 6.07) is 6.67. The highest BCUT2D eigenvalue weighted by atomic mass is 35.5. The summed E-state index contributed by atoms with van der Waals surface area (Å²) < 4.78 is 61.8. The van der Waals surface area contributed by atoms with Gasteiger partial charge < -0.3 is 9.84 Å². The minimum Gasteiger partial charge on any atom is -0.478 e. The van der Waals surface area contributed by atoms with E-state index in [1.165, 1.54) is 28.9 Å². The summed E-state index contributed by atoms with van der Waals surface area (Å²) in [6.45, 7) is 0. The number of carboxylic acid groups (broad SMARTS) is 1. The second-order valence-corrected chi connectivity index (χ2v) is 7.44. The molecule has 2 aromatic carbocycles. The van der Waals surface area contributed by atoms with Crippen LogP contribution in [-0.2, 0) is 19.0 Å². The van der Waals surface area contributed by atoms with Crippen LogP contribution in [0.1, 0.15) is 40.0 Å². The molecule has 0 bridgehead atoms. The van der Waals surface area contributed by atoms with Crippen LogP contribution >= 0.6 is 11.6 Å². The van der Waals surface area contributed by atoms with Crippen molar-refractivity contribution >= 4 is 17.6 Å². The van der Waals surface area contributed by atoms with E-state index >= 15 is 0 Å². The summed E-state index contributed by atoms with van der Waals surface area (Å²) in [5, 5.41) is 13.0. The zero-order valence-electron chi connectivity index (χ0n) is 15.8. The zero-order valence-corrected chi connectivity index (χ0v) is 16.6. The van der Waals surface area contributed by atoms with Crippen molar-refractivity contribution in [1.29, 1.82) is 0 Å². The van der Waals surface area contributed by atoms with Crippen molar-refractivity contribution in [2.24, 2.45) is 0 Å². The SMILES string of the molecule is O=C(O)c1ccc(-n2nc(Oc3c(Cl)cccc3C(F)(F)F)c3c2CCCC3)c(F)c1. The summed E-state index contributed by atoms with van der Waals surface area (Å²) in [5.41, 5.74) is -0.126. The first-order chi connectivity index (χ1) is 14.7. The Morgan fingerprint density at radius 2 is 1.90 bits per heavy atom. The molecule has 4 rings (SSSR count). The molecule has 0 saturated carbocycles. The van der Waals surface area contributed by atoms with Crippen LogP contribution in [0.15, 0.2) is 36.4 Å². The average molecular weight is 455 g/mol. The quantitative estimate of drug-likeness (QED) is 0.487. The number of aromatic nitrogens is 2. The topological polar surface area (TPSA) is 64.3 Å². The van der Waals surface area contributed by atoms with E-state index in [1.807, 2.05) is 0 Å². The third kappa shape index (κ3) is 3.97. The number of fused-ring (bicyclic) bond motifs is 1. The van der Waals surface area contributed by atoms with Gasteiger partial charge in [-0.05, 0) is 56.0 Å². The van der Waals surface area contributed by atoms with Crippen LogP contribution in [0.4, 0.5) is 17.6 Å². The number of nitrogens with zero attached hydrogens (tertiary/aromatic N) is 2. The fraction of sp³-hybridized carbons (Fsp3) is 0.238. The van der Waals surface area contributed by atoms with Crippen molar-refractivity contribution in [3.05, 3.63) is 69.6 Å². The molecule has 1 aliphatic carbocycles. The molecule has 0 radical (unpaired) electrons. The van der Waals surface area contributed by atoms with Gasteiger partial charge in [0.2, 0.25) is 5.88 Å². The van der Waals surface area contributed by atoms with Crippen molar-refractivity contribution < 1.29 is 32.2 Å². The van der Waals surface area contributed by atoms with E-state index in [-0.39, 0.29) is 22.2 Å². The molecule has 3 aromatic rings. The number of carbonyl (C=O) groups is 1. The van der Waals surface area contributed by atoms with Crippen molar-refractivity contribution in [3.8, 4) is 17.3 Å². The number of ether oxygens (including phenoxy) is 1. The Morgan fingerprint density at radius 1 is 1.16 bits per heavy atom. The number of rotatable bonds is 4. The molecule has 162 valence electrons. The number of hydrogen-bond donors (Lipinski definition) is 1. The first-order valence-electron chi connectivity index (χ1n) is 9.34. The fourth-order valence-corrected chi connectivity index (χ4v) is 3.80. The summed E-state index contributed by atoms with van der Waals surface area (Å²) in [7, 11) is 0. The molecule has 0 spiro atoms. The summed E-state index contributed by atoms with van der Waals surface area (Å²) in [6.07, 6.45) is -2.13. The van der Waals surface area contributed by atoms with Crippen LogP contribution in [0, 0.1) is 5.82 Å². The molecule has 0 aliphatic heterocycles. The monoisotopic (exact) mass is 454 g/mol. The lowest BCUT2D eigenvalue weighted by atomic mass is 9.97. The van der Waals surface area contributed by atoms with E-state index in [0.29, 0.717) is 24.1 Å². The Hall–Kier alpha value is -3.07. The summed E-state index contributed by atoms with van der Waals surface area (Å²) >= 11 is 5.99. The maximum absolute atomic E-state index is 14.7. The molecule has 0 fully saturated rings. The molecule has 1 N–H and O–H groups in total. The number of aromatic carboxylic acids is 1. The Bertz CT molecular complexity index is 1170. The maximum atomic E-state index is 14.7. The second-order valence-electron chi connectivity index (χ2n) is 7.04. The third-order valence-electron chi connectivity index (χ3n) is 5.04. The lowest BCUT2D eigenvalue weighted by Crippen LogP contribution is -2.10. The van der Waals surface area contributed by atoms with E-state index in [2.05, 4.69) is 5.10 Å². The maximum Gasteiger partial charge on any atom is 0.420 e. The van der Waals surface area contributed by atoms with Gasteiger partial charge in [-0.3, -0.25) is 0 Å². The van der Waals surface area contributed by atoms with Gasteiger partial charge in [-0.15, -0.1) is 5.10 Å². The number of para-hydroxylation sites is 1. The van der Waals surface area contributed by atoms with Crippen LogP contribution in [-0.4, -0.2) is 20.9 Å². The molecule has 0 saturated heterocycles. The van der Waals surface area contributed by atoms with E-state index in [4.69, 9.17) is 21.4 Å². The van der Waals surface area contributed by atoms with Crippen LogP contribution in [0.5, 0.6) is 11.6 Å². The van der Waals surface area contributed by atoms with Gasteiger partial charge in [0, 0.05) is 5.56 Å². The van der Waals surface area contributed by atoms with Gasteiger partial charge in [0.25, 0.3) is 0 Å². The van der Waals surface area contributed by atoms with Crippen molar-refractivity contribution in [1.82, 2.24) is 9.78 Å². The molecule has 0 atom stereocenters. The van der Waals surface area contributed by atoms with Crippen LogP contribution < -0.4 is 4.74 Å². The van der Waals surface area contributed by atoms with Crippen molar-refractivity contribution in [2.45, 2.75) is 31.9 Å². The van der Waals surface area contributed by atoms with Gasteiger partial charge in [0.1, 0.15) is 11.5 Å². The first kappa shape index (κ1) is 21.2. The first-order valence-corrected chi connectivity index (χ1v) is 9.72. The van der Waals surface area contributed by atoms with Gasteiger partial charge in [-0.1, -0.05) is 17.7 Å². The highest BCUT2D eigenvalue weighted by Crippen LogP contribution is 2.43. The Labute approximate surface area is 178 Å². The third-order valence-corrected chi connectivity index (χ3v) is 5.33. The highest BCUT2D eigenvalue weighted by molar-refractivity contribution is 6.32. The number of halogens is 5. The number of carboxylic acids is 1. The van der Waals surface area contributed by atoms with Gasteiger partial charge in [0.15, 0.2) is 5.75 Å². The molecular formula is C21H15ClF4N2O3. The van der Waals surface area contributed by atoms with Crippen molar-refractivity contribution in [3.63, 3.8) is 0 Å². The molecule has 10 heteroatoms. The molecule has 1 aromatic heterocycles. The molecule has 0 amide bonds. The van der Waals surface area contributed by atoms with Crippen LogP contribution in [0.3, 0.4) is 0 Å². The lowest BCUT2D eigenvalue weighted by Gasteiger charge is -2.16. The zero-order chi connectivity index (χ0) is 22.3. The smallest absolute Gasteiger partial charge is 0.420 e. The molecule has 1 heterocycles. The molecule has 31 heavy (non-hydrogen) atoms. The van der Waals surface area contributed by atoms with Crippen LogP contribution in [0.2, 0.25) is 5.02 Å². The van der Waals surface area contributed by atoms with E-state index in [9.17, 15) is 22.4 Å². The van der Waals surface area contributed by atoms with Crippen LogP contribution in [0.25, 0.3) is 5.69 Å². The number of alkyl halides is 3. The number of hydrogen-bond acceptors (Lipinski definition) is 3. The minimum atomic E-state index is -4.69. The molecule has 1 aliphatic rings. The predicted octanol–water partition coefficient (Wildman–Crippen LogP) is 6.05. The molecule has 5 nitrogen and oxygen atoms in total. The van der Waals surface area contributed by atoms with Gasteiger partial charge in [-0.2, -0.15) is 13.2 Å². The van der Waals surface area contributed by atoms with Gasteiger partial charge in [0.05, 0.1) is 21.8 Å². The lowest BCUT2D eigenvalue weighted by molar-refractivity contribution is -0.138. The fourth-order valence-electron chi connectivity index (χ4n) is 3.59. The Morgan fingerprint density at radius 3 is 2.58 bits per heavy atom. The minimum absolute atomic E-state index is 0.0202. The second kappa shape index (κ2) is 7.88. The van der Waals surface area contributed by atoms with E-state index in [0.717, 1.165) is 25.0 Å². The molecule has 0 unspecified atom stereocenters.